The van der Waals surface area contributed by atoms with Crippen LogP contribution >= 0.6 is 0 Å². The van der Waals surface area contributed by atoms with E-state index in [1.54, 1.807) is 0 Å². The molecule has 1 heterocycles. The zero-order valence-corrected chi connectivity index (χ0v) is 8.83. The molecule has 0 radical (unpaired) electrons. The van der Waals surface area contributed by atoms with Crippen LogP contribution in [-0.2, 0) is 0 Å². The van der Waals surface area contributed by atoms with Gasteiger partial charge < -0.3 is 0 Å². The first-order chi connectivity index (χ1) is 6.15. The van der Waals surface area contributed by atoms with Crippen LogP contribution < -0.4 is 10.4 Å². The van der Waals surface area contributed by atoms with E-state index < -0.39 is 0 Å². The van der Waals surface area contributed by atoms with E-state index in [9.17, 15) is 0 Å². The van der Waals surface area contributed by atoms with Crippen LogP contribution in [0.4, 0.5) is 0 Å². The third-order valence-electron chi connectivity index (χ3n) is 2.02. The largest absolute Gasteiger partial charge is 0.261 e. The van der Waals surface area contributed by atoms with Crippen molar-refractivity contribution in [3.8, 4) is 0 Å². The predicted octanol–water partition coefficient (Wildman–Crippen LogP) is 1.63. The van der Waals surface area contributed by atoms with Gasteiger partial charge in [0.1, 0.15) is 0 Å². The molecule has 1 rings (SSSR count). The molecule has 0 saturated carbocycles. The van der Waals surface area contributed by atoms with Gasteiger partial charge in [-0.1, -0.05) is 26.0 Å². The Bertz CT molecular complexity index is 388. The predicted molar refractivity (Wildman–Crippen MR) is 57.7 cm³/mol. The minimum Gasteiger partial charge on any atom is -0.261 e. The fraction of sp³-hybridized carbons (Fsp3) is 0.417. The summed E-state index contributed by atoms with van der Waals surface area (Å²) in [5.41, 5.74) is 1.11. The Balaban J connectivity index is 3.47. The zero-order valence-electron chi connectivity index (χ0n) is 8.83. The van der Waals surface area contributed by atoms with Crippen molar-refractivity contribution in [1.29, 1.82) is 0 Å². The lowest BCUT2D eigenvalue weighted by atomic mass is 10.1. The molecule has 0 fully saturated rings. The van der Waals surface area contributed by atoms with Gasteiger partial charge in [-0.3, -0.25) is 4.98 Å². The van der Waals surface area contributed by atoms with Crippen LogP contribution in [0, 0.1) is 12.8 Å². The van der Waals surface area contributed by atoms with Gasteiger partial charge in [0.25, 0.3) is 0 Å². The zero-order chi connectivity index (χ0) is 9.84. The fourth-order valence-corrected chi connectivity index (χ4v) is 1.48. The summed E-state index contributed by atoms with van der Waals surface area (Å²) >= 11 is 0. The summed E-state index contributed by atoms with van der Waals surface area (Å²) in [6.45, 7) is 8.49. The van der Waals surface area contributed by atoms with Crippen molar-refractivity contribution in [1.82, 2.24) is 4.98 Å². The molecule has 0 amide bonds. The second kappa shape index (κ2) is 4.22. The van der Waals surface area contributed by atoms with Gasteiger partial charge in [-0.2, -0.15) is 0 Å². The molecule has 0 unspecified atom stereocenters. The topological polar surface area (TPSA) is 12.9 Å². The Kier molecular flexibility index (Phi) is 3.24. The standard InChI is InChI=1S/C12H17N/c1-5-12-10(4)13-7-6-11(12)8-9(2)3/h5-9H,1-4H3/b11-8-,12-5-. The minimum absolute atomic E-state index is 0.584. The summed E-state index contributed by atoms with van der Waals surface area (Å²) in [5, 5.41) is 2.56. The molecular formula is C12H17N. The van der Waals surface area contributed by atoms with Crippen molar-refractivity contribution in [2.45, 2.75) is 27.7 Å². The Morgan fingerprint density at radius 1 is 1.38 bits per heavy atom. The minimum atomic E-state index is 0.584. The van der Waals surface area contributed by atoms with E-state index in [0.29, 0.717) is 5.92 Å². The number of aromatic nitrogens is 1. The quantitative estimate of drug-likeness (QED) is 0.632. The highest BCUT2D eigenvalue weighted by Gasteiger charge is 1.91. The molecule has 70 valence electrons. The van der Waals surface area contributed by atoms with Crippen molar-refractivity contribution in [2.24, 2.45) is 5.92 Å². The van der Waals surface area contributed by atoms with Crippen LogP contribution in [0.3, 0.4) is 0 Å². The maximum absolute atomic E-state index is 4.27. The number of hydrogen-bond acceptors (Lipinski definition) is 1. The normalized spacial score (nSPS) is 14.2. The highest BCUT2D eigenvalue weighted by atomic mass is 14.6. The molecule has 1 aromatic rings. The van der Waals surface area contributed by atoms with Gasteiger partial charge >= 0.3 is 0 Å². The Hall–Kier alpha value is -1.11. The molecule has 0 aromatic carbocycles. The second-order valence-electron chi connectivity index (χ2n) is 3.60. The third-order valence-corrected chi connectivity index (χ3v) is 2.02. The lowest BCUT2D eigenvalue weighted by Crippen LogP contribution is -2.28. The fourth-order valence-electron chi connectivity index (χ4n) is 1.48. The van der Waals surface area contributed by atoms with E-state index in [4.69, 9.17) is 0 Å². The first-order valence-corrected chi connectivity index (χ1v) is 4.75. The van der Waals surface area contributed by atoms with Crippen LogP contribution in [0.2, 0.25) is 0 Å². The summed E-state index contributed by atoms with van der Waals surface area (Å²) in [6.07, 6.45) is 6.26. The van der Waals surface area contributed by atoms with Crippen LogP contribution in [0.1, 0.15) is 26.5 Å². The van der Waals surface area contributed by atoms with Crippen molar-refractivity contribution >= 4 is 12.2 Å². The van der Waals surface area contributed by atoms with Crippen molar-refractivity contribution in [2.75, 3.05) is 0 Å². The summed E-state index contributed by atoms with van der Waals surface area (Å²) in [7, 11) is 0. The Labute approximate surface area is 79.8 Å². The SMILES string of the molecule is C/C=c1/c(C)ncc/c1=C/C(C)C. The molecule has 0 aliphatic heterocycles. The molecule has 0 N–H and O–H groups in total. The molecule has 0 bridgehead atoms. The van der Waals surface area contributed by atoms with Gasteiger partial charge in [0.2, 0.25) is 0 Å². The number of pyridine rings is 1. The molecule has 0 saturated heterocycles. The maximum Gasteiger partial charge on any atom is 0.0447 e. The van der Waals surface area contributed by atoms with Gasteiger partial charge in [-0.15, -0.1) is 0 Å². The molecule has 13 heavy (non-hydrogen) atoms. The molecule has 0 aliphatic rings. The van der Waals surface area contributed by atoms with Gasteiger partial charge in [-0.05, 0) is 36.3 Å². The van der Waals surface area contributed by atoms with Crippen molar-refractivity contribution in [3.05, 3.63) is 28.4 Å². The van der Waals surface area contributed by atoms with E-state index in [2.05, 4.69) is 44.0 Å². The number of rotatable bonds is 1. The first kappa shape index (κ1) is 9.97. The first-order valence-electron chi connectivity index (χ1n) is 4.75. The summed E-state index contributed by atoms with van der Waals surface area (Å²) in [6, 6.07) is 2.07. The van der Waals surface area contributed by atoms with Gasteiger partial charge in [-0.25, -0.2) is 0 Å². The summed E-state index contributed by atoms with van der Waals surface area (Å²) in [5.74, 6) is 0.584. The molecule has 1 heteroatoms. The van der Waals surface area contributed by atoms with E-state index in [1.165, 1.54) is 10.4 Å². The molecule has 0 aliphatic carbocycles. The second-order valence-corrected chi connectivity index (χ2v) is 3.60. The Morgan fingerprint density at radius 2 is 2.08 bits per heavy atom. The van der Waals surface area contributed by atoms with E-state index in [0.717, 1.165) is 5.69 Å². The van der Waals surface area contributed by atoms with E-state index in [-0.39, 0.29) is 0 Å². The van der Waals surface area contributed by atoms with E-state index >= 15 is 0 Å². The van der Waals surface area contributed by atoms with Crippen LogP contribution in [-0.4, -0.2) is 4.98 Å². The summed E-state index contributed by atoms with van der Waals surface area (Å²) in [4.78, 5) is 4.27. The van der Waals surface area contributed by atoms with Crippen LogP contribution in [0.15, 0.2) is 12.3 Å². The number of hydrogen-bond donors (Lipinski definition) is 0. The van der Waals surface area contributed by atoms with Gasteiger partial charge in [0.05, 0.1) is 0 Å². The molecule has 1 nitrogen and oxygen atoms in total. The van der Waals surface area contributed by atoms with Crippen molar-refractivity contribution < 1.29 is 0 Å². The average Bonchev–Trinajstić information content (AvgIpc) is 2.03. The smallest absolute Gasteiger partial charge is 0.0447 e. The lowest BCUT2D eigenvalue weighted by molar-refractivity contribution is 0.879. The molecule has 0 atom stereocenters. The number of aryl methyl sites for hydroxylation is 1. The van der Waals surface area contributed by atoms with Crippen LogP contribution in [0.5, 0.6) is 0 Å². The highest BCUT2D eigenvalue weighted by molar-refractivity contribution is 5.32. The lowest BCUT2D eigenvalue weighted by Gasteiger charge is -1.97. The average molecular weight is 175 g/mol. The van der Waals surface area contributed by atoms with Gasteiger partial charge in [0, 0.05) is 11.9 Å². The molecule has 1 aromatic heterocycles. The summed E-state index contributed by atoms with van der Waals surface area (Å²) < 4.78 is 0. The molecule has 0 spiro atoms. The maximum atomic E-state index is 4.27. The monoisotopic (exact) mass is 175 g/mol. The third kappa shape index (κ3) is 2.41. The highest BCUT2D eigenvalue weighted by Crippen LogP contribution is 1.90. The van der Waals surface area contributed by atoms with Gasteiger partial charge in [0.15, 0.2) is 0 Å². The van der Waals surface area contributed by atoms with Crippen molar-refractivity contribution in [3.63, 3.8) is 0 Å². The van der Waals surface area contributed by atoms with Crippen LogP contribution in [0.25, 0.3) is 12.2 Å². The Morgan fingerprint density at radius 3 is 2.62 bits per heavy atom. The molecular weight excluding hydrogens is 158 g/mol. The number of nitrogens with zero attached hydrogens (tertiary/aromatic N) is 1. The van der Waals surface area contributed by atoms with E-state index in [1.807, 2.05) is 13.1 Å².